The van der Waals surface area contributed by atoms with Gasteiger partial charge in [0, 0.05) is 32.6 Å². The maximum atomic E-state index is 12.4. The Balaban J connectivity index is 2.26. The normalized spacial score (nSPS) is 15.2. The highest BCUT2D eigenvalue weighted by molar-refractivity contribution is 7.89. The molecule has 0 unspecified atom stereocenters. The highest BCUT2D eigenvalue weighted by Crippen LogP contribution is 2.32. The smallest absolute Gasteiger partial charge is 0.242 e. The summed E-state index contributed by atoms with van der Waals surface area (Å²) >= 11 is 0. The maximum absolute atomic E-state index is 12.4. The summed E-state index contributed by atoms with van der Waals surface area (Å²) in [6, 6.07) is 4.74. The second-order valence-corrected chi connectivity index (χ2v) is 6.63. The number of benzene rings is 1. The van der Waals surface area contributed by atoms with E-state index in [2.05, 4.69) is 5.32 Å². The molecule has 1 aliphatic rings. The van der Waals surface area contributed by atoms with Crippen LogP contribution in [0.3, 0.4) is 0 Å². The van der Waals surface area contributed by atoms with E-state index in [9.17, 15) is 8.42 Å². The Bertz CT molecular complexity index is 559. The highest BCUT2D eigenvalue weighted by atomic mass is 32.2. The van der Waals surface area contributed by atoms with E-state index in [1.54, 1.807) is 26.2 Å². The number of ether oxygens (including phenoxy) is 2. The summed E-state index contributed by atoms with van der Waals surface area (Å²) in [5, 5.41) is 2.93. The quantitative estimate of drug-likeness (QED) is 0.866. The van der Waals surface area contributed by atoms with Gasteiger partial charge in [0.25, 0.3) is 0 Å². The van der Waals surface area contributed by atoms with Crippen LogP contribution in [0.25, 0.3) is 0 Å². The van der Waals surface area contributed by atoms with E-state index in [4.69, 9.17) is 9.47 Å². The lowest BCUT2D eigenvalue weighted by Crippen LogP contribution is -2.32. The number of rotatable bonds is 5. The molecule has 0 radical (unpaired) electrons. The molecule has 0 spiro atoms. The predicted octanol–water partition coefficient (Wildman–Crippen LogP) is 0.688. The van der Waals surface area contributed by atoms with Crippen LogP contribution >= 0.6 is 0 Å². The summed E-state index contributed by atoms with van der Waals surface area (Å²) < 4.78 is 37.2. The molecule has 0 saturated heterocycles. The van der Waals surface area contributed by atoms with Crippen molar-refractivity contribution in [3.05, 3.63) is 18.2 Å². The SMILES string of the molecule is CNCCN(C)S(=O)(=O)c1ccc2c(c1)OCCCO2. The van der Waals surface area contributed by atoms with Crippen LogP contribution in [0, 0.1) is 0 Å². The van der Waals surface area contributed by atoms with E-state index in [1.165, 1.54) is 10.4 Å². The van der Waals surface area contributed by atoms with Crippen LogP contribution in [0.4, 0.5) is 0 Å². The fraction of sp³-hybridized carbons (Fsp3) is 0.538. The Hall–Kier alpha value is -1.31. The largest absolute Gasteiger partial charge is 0.490 e. The topological polar surface area (TPSA) is 67.9 Å². The second-order valence-electron chi connectivity index (χ2n) is 4.59. The van der Waals surface area contributed by atoms with Gasteiger partial charge in [0.2, 0.25) is 10.0 Å². The van der Waals surface area contributed by atoms with Crippen molar-refractivity contribution in [2.75, 3.05) is 40.4 Å². The summed E-state index contributed by atoms with van der Waals surface area (Å²) in [5.74, 6) is 1.09. The van der Waals surface area contributed by atoms with Crippen molar-refractivity contribution >= 4 is 10.0 Å². The Morgan fingerprint density at radius 1 is 1.25 bits per heavy atom. The van der Waals surface area contributed by atoms with Crippen molar-refractivity contribution in [1.82, 2.24) is 9.62 Å². The van der Waals surface area contributed by atoms with Crippen LogP contribution in [0.15, 0.2) is 23.1 Å². The fourth-order valence-corrected chi connectivity index (χ4v) is 3.06. The molecule has 1 aromatic rings. The highest BCUT2D eigenvalue weighted by Gasteiger charge is 2.22. The first kappa shape index (κ1) is 15.1. The Morgan fingerprint density at radius 3 is 2.65 bits per heavy atom. The minimum absolute atomic E-state index is 0.223. The van der Waals surface area contributed by atoms with E-state index in [0.717, 1.165) is 6.42 Å². The van der Waals surface area contributed by atoms with E-state index in [1.807, 2.05) is 0 Å². The minimum atomic E-state index is -3.50. The summed E-state index contributed by atoms with van der Waals surface area (Å²) in [4.78, 5) is 0.223. The van der Waals surface area contributed by atoms with Crippen LogP contribution in [-0.2, 0) is 10.0 Å². The summed E-state index contributed by atoms with van der Waals surface area (Å²) in [6.45, 7) is 2.13. The van der Waals surface area contributed by atoms with Crippen LogP contribution in [0.2, 0.25) is 0 Å². The second kappa shape index (κ2) is 6.43. The van der Waals surface area contributed by atoms with Crippen molar-refractivity contribution in [1.29, 1.82) is 0 Å². The lowest BCUT2D eigenvalue weighted by atomic mass is 10.3. The van der Waals surface area contributed by atoms with E-state index in [0.29, 0.717) is 37.8 Å². The zero-order valence-corrected chi connectivity index (χ0v) is 12.6. The van der Waals surface area contributed by atoms with Crippen LogP contribution in [0.5, 0.6) is 11.5 Å². The number of hydrogen-bond acceptors (Lipinski definition) is 5. The van der Waals surface area contributed by atoms with Gasteiger partial charge in [-0.15, -0.1) is 0 Å². The van der Waals surface area contributed by atoms with E-state index < -0.39 is 10.0 Å². The monoisotopic (exact) mass is 300 g/mol. The molecule has 1 N–H and O–H groups in total. The number of sulfonamides is 1. The predicted molar refractivity (Wildman–Crippen MR) is 75.8 cm³/mol. The van der Waals surface area contributed by atoms with Crippen molar-refractivity contribution in [3.63, 3.8) is 0 Å². The number of nitrogens with one attached hydrogen (secondary N) is 1. The van der Waals surface area contributed by atoms with Gasteiger partial charge in [-0.3, -0.25) is 0 Å². The van der Waals surface area contributed by atoms with Gasteiger partial charge in [-0.05, 0) is 19.2 Å². The molecule has 0 aliphatic carbocycles. The molecule has 0 amide bonds. The van der Waals surface area contributed by atoms with Gasteiger partial charge in [0.05, 0.1) is 18.1 Å². The molecule has 1 aromatic carbocycles. The summed E-state index contributed by atoms with van der Waals surface area (Å²) in [5.41, 5.74) is 0. The van der Waals surface area contributed by atoms with Crippen molar-refractivity contribution in [2.45, 2.75) is 11.3 Å². The van der Waals surface area contributed by atoms with E-state index >= 15 is 0 Å². The maximum Gasteiger partial charge on any atom is 0.242 e. The standard InChI is InChI=1S/C13H20N2O4S/c1-14-6-7-15(2)20(16,17)11-4-5-12-13(10-11)19-9-3-8-18-12/h4-5,10,14H,3,6-9H2,1-2H3. The van der Waals surface area contributed by atoms with Gasteiger partial charge >= 0.3 is 0 Å². The summed E-state index contributed by atoms with van der Waals surface area (Å²) in [7, 11) is -0.148. The molecular weight excluding hydrogens is 280 g/mol. The molecule has 20 heavy (non-hydrogen) atoms. The number of likely N-dealkylation sites (N-methyl/N-ethyl adjacent to an activating group) is 2. The van der Waals surface area contributed by atoms with Crippen molar-refractivity contribution in [2.24, 2.45) is 0 Å². The minimum Gasteiger partial charge on any atom is -0.490 e. The van der Waals surface area contributed by atoms with Gasteiger partial charge in [-0.1, -0.05) is 0 Å². The van der Waals surface area contributed by atoms with Crippen molar-refractivity contribution < 1.29 is 17.9 Å². The van der Waals surface area contributed by atoms with E-state index in [-0.39, 0.29) is 4.90 Å². The molecule has 1 heterocycles. The van der Waals surface area contributed by atoms with Gasteiger partial charge in [0.1, 0.15) is 0 Å². The molecule has 0 aromatic heterocycles. The number of fused-ring (bicyclic) bond motifs is 1. The molecule has 0 atom stereocenters. The molecule has 0 bridgehead atoms. The Morgan fingerprint density at radius 2 is 1.95 bits per heavy atom. The van der Waals surface area contributed by atoms with Crippen LogP contribution in [-0.4, -0.2) is 53.1 Å². The fourth-order valence-electron chi connectivity index (χ4n) is 1.87. The zero-order chi connectivity index (χ0) is 14.6. The molecule has 0 saturated carbocycles. The third-order valence-corrected chi connectivity index (χ3v) is 4.96. The van der Waals surface area contributed by atoms with Crippen molar-refractivity contribution in [3.8, 4) is 11.5 Å². The molecule has 2 rings (SSSR count). The number of nitrogens with zero attached hydrogens (tertiary/aromatic N) is 1. The number of hydrogen-bond donors (Lipinski definition) is 1. The lowest BCUT2D eigenvalue weighted by Gasteiger charge is -2.18. The summed E-state index contributed by atoms with van der Waals surface area (Å²) in [6.07, 6.45) is 0.791. The third-order valence-electron chi connectivity index (χ3n) is 3.10. The first-order valence-corrected chi connectivity index (χ1v) is 8.00. The van der Waals surface area contributed by atoms with Crippen LogP contribution in [0.1, 0.15) is 6.42 Å². The Labute approximate surface area is 119 Å². The average Bonchev–Trinajstić information content (AvgIpc) is 2.68. The molecule has 0 fully saturated rings. The molecule has 112 valence electrons. The third kappa shape index (κ3) is 3.23. The molecule has 6 nitrogen and oxygen atoms in total. The molecule has 1 aliphatic heterocycles. The zero-order valence-electron chi connectivity index (χ0n) is 11.8. The Kier molecular flexibility index (Phi) is 4.85. The first-order chi connectivity index (χ1) is 9.55. The van der Waals surface area contributed by atoms with Gasteiger partial charge in [0.15, 0.2) is 11.5 Å². The molecule has 7 heteroatoms. The first-order valence-electron chi connectivity index (χ1n) is 6.56. The van der Waals surface area contributed by atoms with Gasteiger partial charge in [-0.2, -0.15) is 4.31 Å². The lowest BCUT2D eigenvalue weighted by molar-refractivity contribution is 0.297. The van der Waals surface area contributed by atoms with Gasteiger partial charge < -0.3 is 14.8 Å². The van der Waals surface area contributed by atoms with Crippen LogP contribution < -0.4 is 14.8 Å². The molecular formula is C13H20N2O4S. The van der Waals surface area contributed by atoms with Gasteiger partial charge in [-0.25, -0.2) is 8.42 Å². The average molecular weight is 300 g/mol.